The van der Waals surface area contributed by atoms with Gasteiger partial charge in [-0.3, -0.25) is 4.79 Å². The molecule has 3 N–H and O–H groups in total. The van der Waals surface area contributed by atoms with Gasteiger partial charge in [-0.2, -0.15) is 0 Å². The van der Waals surface area contributed by atoms with Crippen LogP contribution in [0.3, 0.4) is 0 Å². The molecule has 88 valence electrons. The Morgan fingerprint density at radius 3 is 2.67 bits per heavy atom. The van der Waals surface area contributed by atoms with E-state index in [0.29, 0.717) is 6.54 Å². The molecule has 4 nitrogen and oxygen atoms in total. The van der Waals surface area contributed by atoms with E-state index in [4.69, 9.17) is 0 Å². The summed E-state index contributed by atoms with van der Waals surface area (Å²) in [6.45, 7) is 7.40. The van der Waals surface area contributed by atoms with Crippen molar-refractivity contribution >= 4 is 5.91 Å². The predicted molar refractivity (Wildman–Crippen MR) is 59.5 cm³/mol. The van der Waals surface area contributed by atoms with Gasteiger partial charge in [0.25, 0.3) is 0 Å². The Balaban J connectivity index is 2.51. The summed E-state index contributed by atoms with van der Waals surface area (Å²) >= 11 is 0. The lowest BCUT2D eigenvalue weighted by atomic mass is 9.83. The van der Waals surface area contributed by atoms with Crippen molar-refractivity contribution in [2.45, 2.75) is 39.2 Å². The number of aliphatic hydroxyl groups is 1. The van der Waals surface area contributed by atoms with E-state index in [1.54, 1.807) is 13.8 Å². The fraction of sp³-hybridized carbons (Fsp3) is 0.909. The second-order valence-corrected chi connectivity index (χ2v) is 5.06. The molecule has 0 aromatic heterocycles. The third kappa shape index (κ3) is 3.18. The first-order valence-corrected chi connectivity index (χ1v) is 5.61. The Kier molecular flexibility index (Phi) is 3.73. The second kappa shape index (κ2) is 4.49. The van der Waals surface area contributed by atoms with Gasteiger partial charge in [-0.05, 0) is 33.2 Å². The minimum Gasteiger partial charge on any atom is -0.389 e. The Morgan fingerprint density at radius 1 is 1.60 bits per heavy atom. The van der Waals surface area contributed by atoms with E-state index in [9.17, 15) is 9.90 Å². The van der Waals surface area contributed by atoms with E-state index < -0.39 is 5.60 Å². The number of carbonyl (C=O) groups excluding carboxylic acids is 1. The molecule has 0 aliphatic carbocycles. The normalized spacial score (nSPS) is 26.7. The SMILES string of the molecule is CCC1(C(=O)NCC(C)(C)O)CCNC1. The summed E-state index contributed by atoms with van der Waals surface area (Å²) in [5.41, 5.74) is -1.10. The van der Waals surface area contributed by atoms with Crippen LogP contribution in [0.2, 0.25) is 0 Å². The van der Waals surface area contributed by atoms with E-state index in [1.807, 2.05) is 6.92 Å². The van der Waals surface area contributed by atoms with Crippen LogP contribution in [0, 0.1) is 5.41 Å². The van der Waals surface area contributed by atoms with Gasteiger partial charge < -0.3 is 15.7 Å². The number of nitrogens with one attached hydrogen (secondary N) is 2. The first kappa shape index (κ1) is 12.5. The number of carbonyl (C=O) groups is 1. The van der Waals surface area contributed by atoms with Gasteiger partial charge in [0.05, 0.1) is 11.0 Å². The maximum atomic E-state index is 12.0. The zero-order valence-electron chi connectivity index (χ0n) is 9.89. The molecule has 0 radical (unpaired) electrons. The molecule has 1 aliphatic rings. The molecular weight excluding hydrogens is 192 g/mol. The summed E-state index contributed by atoms with van der Waals surface area (Å²) in [7, 11) is 0. The van der Waals surface area contributed by atoms with E-state index in [0.717, 1.165) is 25.9 Å². The Labute approximate surface area is 91.4 Å². The van der Waals surface area contributed by atoms with Crippen LogP contribution in [0.4, 0.5) is 0 Å². The first-order valence-electron chi connectivity index (χ1n) is 5.61. The van der Waals surface area contributed by atoms with Crippen molar-refractivity contribution in [3.05, 3.63) is 0 Å². The highest BCUT2D eigenvalue weighted by molar-refractivity contribution is 5.83. The molecule has 0 aromatic rings. The Hall–Kier alpha value is -0.610. The predicted octanol–water partition coefficient (Wildman–Crippen LogP) is 0.263. The number of hydrogen-bond acceptors (Lipinski definition) is 3. The monoisotopic (exact) mass is 214 g/mol. The third-order valence-electron chi connectivity index (χ3n) is 3.08. The van der Waals surface area contributed by atoms with Gasteiger partial charge in [0.2, 0.25) is 5.91 Å². The van der Waals surface area contributed by atoms with E-state index >= 15 is 0 Å². The third-order valence-corrected chi connectivity index (χ3v) is 3.08. The van der Waals surface area contributed by atoms with Crippen LogP contribution in [-0.4, -0.2) is 36.2 Å². The average molecular weight is 214 g/mol. The van der Waals surface area contributed by atoms with Crippen LogP contribution >= 0.6 is 0 Å². The summed E-state index contributed by atoms with van der Waals surface area (Å²) in [5, 5.41) is 15.6. The average Bonchev–Trinajstić information content (AvgIpc) is 2.62. The van der Waals surface area contributed by atoms with Crippen LogP contribution in [-0.2, 0) is 4.79 Å². The molecule has 1 amide bonds. The van der Waals surface area contributed by atoms with E-state index in [-0.39, 0.29) is 11.3 Å². The molecule has 4 heteroatoms. The highest BCUT2D eigenvalue weighted by atomic mass is 16.3. The van der Waals surface area contributed by atoms with Crippen molar-refractivity contribution in [1.29, 1.82) is 0 Å². The van der Waals surface area contributed by atoms with Crippen LogP contribution < -0.4 is 10.6 Å². The smallest absolute Gasteiger partial charge is 0.227 e. The lowest BCUT2D eigenvalue weighted by Gasteiger charge is -2.27. The van der Waals surface area contributed by atoms with Gasteiger partial charge in [-0.25, -0.2) is 0 Å². The number of hydrogen-bond donors (Lipinski definition) is 3. The van der Waals surface area contributed by atoms with Gasteiger partial charge in [-0.1, -0.05) is 6.92 Å². The topological polar surface area (TPSA) is 61.4 Å². The largest absolute Gasteiger partial charge is 0.389 e. The second-order valence-electron chi connectivity index (χ2n) is 5.06. The van der Waals surface area contributed by atoms with Gasteiger partial charge in [0, 0.05) is 13.1 Å². The van der Waals surface area contributed by atoms with Crippen molar-refractivity contribution in [2.24, 2.45) is 5.41 Å². The molecule has 1 aliphatic heterocycles. The summed E-state index contributed by atoms with van der Waals surface area (Å²) in [5.74, 6) is 0.0668. The number of rotatable bonds is 4. The van der Waals surface area contributed by atoms with E-state index in [1.165, 1.54) is 0 Å². The van der Waals surface area contributed by atoms with Crippen molar-refractivity contribution in [3.8, 4) is 0 Å². The van der Waals surface area contributed by atoms with Crippen molar-refractivity contribution in [2.75, 3.05) is 19.6 Å². The summed E-state index contributed by atoms with van der Waals surface area (Å²) < 4.78 is 0. The minimum absolute atomic E-state index is 0.0668. The van der Waals surface area contributed by atoms with Crippen LogP contribution in [0.5, 0.6) is 0 Å². The molecule has 0 bridgehead atoms. The molecule has 1 saturated heterocycles. The lowest BCUT2D eigenvalue weighted by Crippen LogP contribution is -2.47. The quantitative estimate of drug-likeness (QED) is 0.629. The van der Waals surface area contributed by atoms with Crippen molar-refractivity contribution in [3.63, 3.8) is 0 Å². The minimum atomic E-state index is -0.837. The van der Waals surface area contributed by atoms with Gasteiger partial charge in [-0.15, -0.1) is 0 Å². The van der Waals surface area contributed by atoms with Gasteiger partial charge in [0.1, 0.15) is 0 Å². The Bertz CT molecular complexity index is 227. The summed E-state index contributed by atoms with van der Waals surface area (Å²) in [4.78, 5) is 12.0. The first-order chi connectivity index (χ1) is 6.90. The van der Waals surface area contributed by atoms with Gasteiger partial charge >= 0.3 is 0 Å². The number of amides is 1. The molecule has 0 aromatic carbocycles. The molecule has 1 unspecified atom stereocenters. The maximum absolute atomic E-state index is 12.0. The van der Waals surface area contributed by atoms with Gasteiger partial charge in [0.15, 0.2) is 0 Å². The molecule has 1 heterocycles. The fourth-order valence-electron chi connectivity index (χ4n) is 1.88. The molecule has 0 spiro atoms. The molecule has 1 rings (SSSR count). The zero-order chi connectivity index (χ0) is 11.5. The van der Waals surface area contributed by atoms with Crippen LogP contribution in [0.25, 0.3) is 0 Å². The lowest BCUT2D eigenvalue weighted by molar-refractivity contribution is -0.131. The fourth-order valence-corrected chi connectivity index (χ4v) is 1.88. The standard InChI is InChI=1S/C11H22N2O2/c1-4-11(5-6-12-8-11)9(14)13-7-10(2,3)15/h12,15H,4-8H2,1-3H3,(H,13,14). The molecule has 15 heavy (non-hydrogen) atoms. The van der Waals surface area contributed by atoms with Crippen molar-refractivity contribution < 1.29 is 9.90 Å². The molecular formula is C11H22N2O2. The molecule has 1 fully saturated rings. The highest BCUT2D eigenvalue weighted by Gasteiger charge is 2.39. The molecule has 1 atom stereocenters. The maximum Gasteiger partial charge on any atom is 0.227 e. The zero-order valence-corrected chi connectivity index (χ0v) is 9.89. The van der Waals surface area contributed by atoms with Crippen molar-refractivity contribution in [1.82, 2.24) is 10.6 Å². The van der Waals surface area contributed by atoms with Crippen LogP contribution in [0.15, 0.2) is 0 Å². The van der Waals surface area contributed by atoms with E-state index in [2.05, 4.69) is 10.6 Å². The Morgan fingerprint density at radius 2 is 2.27 bits per heavy atom. The summed E-state index contributed by atoms with van der Waals surface area (Å²) in [6, 6.07) is 0. The summed E-state index contributed by atoms with van der Waals surface area (Å²) in [6.07, 6.45) is 1.74. The molecule has 0 saturated carbocycles. The highest BCUT2D eigenvalue weighted by Crippen LogP contribution is 2.29. The van der Waals surface area contributed by atoms with Crippen LogP contribution in [0.1, 0.15) is 33.6 Å².